The van der Waals surface area contributed by atoms with Crippen molar-refractivity contribution in [2.45, 2.75) is 13.3 Å². The molecule has 0 radical (unpaired) electrons. The third-order valence-corrected chi connectivity index (χ3v) is 5.10. The molecule has 0 bridgehead atoms. The first-order valence-corrected chi connectivity index (χ1v) is 9.18. The number of rotatable bonds is 4. The molecule has 1 aliphatic heterocycles. The quantitative estimate of drug-likeness (QED) is 0.291. The molecule has 146 valence electrons. The first-order chi connectivity index (χ1) is 13.9. The number of hydrogen-bond donors (Lipinski definition) is 0. The van der Waals surface area contributed by atoms with Crippen LogP contribution >= 0.6 is 0 Å². The first-order valence-electron chi connectivity index (χ1n) is 9.18. The topological polar surface area (TPSA) is 89.8 Å². The smallest absolute Gasteiger partial charge is 0.316 e. The maximum absolute atomic E-state index is 12.6. The minimum absolute atomic E-state index is 0.00802. The summed E-state index contributed by atoms with van der Waals surface area (Å²) in [6.07, 6.45) is 0.00802. The van der Waals surface area contributed by atoms with Crippen molar-refractivity contribution in [3.8, 4) is 5.75 Å². The fourth-order valence-electron chi connectivity index (χ4n) is 3.51. The number of fused-ring (bicyclic) bond motifs is 1. The highest BCUT2D eigenvalue weighted by atomic mass is 16.6. The van der Waals surface area contributed by atoms with Crippen LogP contribution in [0.1, 0.15) is 12.0 Å². The van der Waals surface area contributed by atoms with Gasteiger partial charge in [-0.2, -0.15) is 0 Å². The zero-order valence-electron chi connectivity index (χ0n) is 15.7. The van der Waals surface area contributed by atoms with Gasteiger partial charge in [0.15, 0.2) is 0 Å². The number of carbonyl (C=O) groups is 2. The van der Waals surface area contributed by atoms with Crippen molar-refractivity contribution >= 4 is 34.0 Å². The summed E-state index contributed by atoms with van der Waals surface area (Å²) in [6.45, 7) is 1.77. The zero-order valence-corrected chi connectivity index (χ0v) is 15.7. The third-order valence-electron chi connectivity index (χ3n) is 5.10. The molecular weight excluding hydrogens is 372 g/mol. The molecule has 1 fully saturated rings. The van der Waals surface area contributed by atoms with Crippen LogP contribution in [0.2, 0.25) is 0 Å². The molecule has 0 aliphatic carbocycles. The molecule has 0 aromatic heterocycles. The number of benzene rings is 3. The van der Waals surface area contributed by atoms with Crippen LogP contribution in [0.15, 0.2) is 60.7 Å². The third kappa shape index (κ3) is 3.67. The molecule has 29 heavy (non-hydrogen) atoms. The monoisotopic (exact) mass is 390 g/mol. The van der Waals surface area contributed by atoms with Crippen LogP contribution < -0.4 is 9.64 Å². The number of anilines is 1. The molecule has 7 nitrogen and oxygen atoms in total. The fraction of sp³-hybridized carbons (Fsp3) is 0.182. The molecule has 0 saturated carbocycles. The second-order valence-electron chi connectivity index (χ2n) is 7.06. The van der Waals surface area contributed by atoms with E-state index >= 15 is 0 Å². The summed E-state index contributed by atoms with van der Waals surface area (Å²) in [7, 11) is 0. The average Bonchev–Trinajstić information content (AvgIpc) is 3.10. The summed E-state index contributed by atoms with van der Waals surface area (Å²) >= 11 is 0. The van der Waals surface area contributed by atoms with E-state index in [4.69, 9.17) is 4.74 Å². The molecule has 1 heterocycles. The van der Waals surface area contributed by atoms with E-state index in [1.165, 1.54) is 11.0 Å². The lowest BCUT2D eigenvalue weighted by atomic mass is 10.1. The molecule has 1 saturated heterocycles. The van der Waals surface area contributed by atoms with E-state index in [2.05, 4.69) is 0 Å². The Hall–Kier alpha value is -3.74. The summed E-state index contributed by atoms with van der Waals surface area (Å²) in [4.78, 5) is 37.1. The predicted octanol–water partition coefficient (Wildman–Crippen LogP) is 4.01. The Balaban J connectivity index is 1.50. The van der Waals surface area contributed by atoms with Gasteiger partial charge in [-0.3, -0.25) is 19.7 Å². The second-order valence-corrected chi connectivity index (χ2v) is 7.06. The molecule has 4 rings (SSSR count). The molecule has 0 unspecified atom stereocenters. The summed E-state index contributed by atoms with van der Waals surface area (Å²) in [5.74, 6) is -0.957. The van der Waals surface area contributed by atoms with Gasteiger partial charge in [0.2, 0.25) is 5.91 Å². The molecule has 0 N–H and O–H groups in total. The van der Waals surface area contributed by atoms with Gasteiger partial charge < -0.3 is 9.64 Å². The van der Waals surface area contributed by atoms with Gasteiger partial charge in [0.05, 0.1) is 16.5 Å². The van der Waals surface area contributed by atoms with Gasteiger partial charge in [-0.1, -0.05) is 36.4 Å². The standard InChI is InChI=1S/C22H18N2O5/c1-14-6-8-18(12-20(14)24(27)28)23-13-17(11-21(23)25)22(26)29-19-9-7-15-4-2-3-5-16(15)10-19/h2-10,12,17H,11,13H2,1H3/t17-/m1/s1. The number of amides is 1. The number of carbonyl (C=O) groups excluding carboxylic acids is 2. The number of hydrogen-bond acceptors (Lipinski definition) is 5. The van der Waals surface area contributed by atoms with Crippen LogP contribution in [-0.4, -0.2) is 23.3 Å². The first kappa shape index (κ1) is 18.6. The minimum atomic E-state index is -0.630. The van der Waals surface area contributed by atoms with Gasteiger partial charge in [-0.25, -0.2) is 0 Å². The van der Waals surface area contributed by atoms with E-state index in [0.717, 1.165) is 10.8 Å². The molecule has 1 atom stereocenters. The molecule has 7 heteroatoms. The fourth-order valence-corrected chi connectivity index (χ4v) is 3.51. The van der Waals surface area contributed by atoms with Crippen LogP contribution in [0.5, 0.6) is 5.75 Å². The summed E-state index contributed by atoms with van der Waals surface area (Å²) < 4.78 is 5.49. The highest BCUT2D eigenvalue weighted by Crippen LogP contribution is 2.31. The van der Waals surface area contributed by atoms with Crippen LogP contribution in [0.4, 0.5) is 11.4 Å². The van der Waals surface area contributed by atoms with Gasteiger partial charge in [-0.05, 0) is 35.9 Å². The maximum atomic E-state index is 12.6. The zero-order chi connectivity index (χ0) is 20.5. The Kier molecular flexibility index (Phi) is 4.72. The average molecular weight is 390 g/mol. The molecular formula is C22H18N2O5. The Labute approximate surface area is 166 Å². The SMILES string of the molecule is Cc1ccc(N2C[C@H](C(=O)Oc3ccc4ccccc4c3)CC2=O)cc1[N+](=O)[O-]. The summed E-state index contributed by atoms with van der Waals surface area (Å²) in [5, 5.41) is 13.2. The van der Waals surface area contributed by atoms with Crippen molar-refractivity contribution in [3.63, 3.8) is 0 Å². The Morgan fingerprint density at radius 3 is 2.62 bits per heavy atom. The lowest BCUT2D eigenvalue weighted by Gasteiger charge is -2.17. The van der Waals surface area contributed by atoms with Crippen molar-refractivity contribution < 1.29 is 19.2 Å². The van der Waals surface area contributed by atoms with Crippen molar-refractivity contribution in [3.05, 3.63) is 76.3 Å². The normalized spacial score (nSPS) is 16.2. The Morgan fingerprint density at radius 1 is 1.10 bits per heavy atom. The van der Waals surface area contributed by atoms with Gasteiger partial charge in [0.25, 0.3) is 5.69 Å². The predicted molar refractivity (Wildman–Crippen MR) is 108 cm³/mol. The molecule has 0 spiro atoms. The van der Waals surface area contributed by atoms with E-state index in [0.29, 0.717) is 17.0 Å². The molecule has 1 aliphatic rings. The highest BCUT2D eigenvalue weighted by molar-refractivity contribution is 6.00. The van der Waals surface area contributed by atoms with Gasteiger partial charge >= 0.3 is 5.97 Å². The number of nitrogens with zero attached hydrogens (tertiary/aromatic N) is 2. The van der Waals surface area contributed by atoms with Gasteiger partial charge in [-0.15, -0.1) is 0 Å². The van der Waals surface area contributed by atoms with E-state index in [9.17, 15) is 19.7 Å². The van der Waals surface area contributed by atoms with Crippen molar-refractivity contribution in [2.24, 2.45) is 5.92 Å². The molecule has 3 aromatic rings. The van der Waals surface area contributed by atoms with Gasteiger partial charge in [0.1, 0.15) is 5.75 Å². The van der Waals surface area contributed by atoms with Gasteiger partial charge in [0, 0.05) is 24.6 Å². The number of nitro benzene ring substituents is 1. The van der Waals surface area contributed by atoms with Crippen molar-refractivity contribution in [1.82, 2.24) is 0 Å². The molecule has 1 amide bonds. The summed E-state index contributed by atoms with van der Waals surface area (Å²) in [6, 6.07) is 17.7. The Bertz CT molecular complexity index is 1140. The van der Waals surface area contributed by atoms with Crippen LogP contribution in [0, 0.1) is 23.0 Å². The van der Waals surface area contributed by atoms with Crippen LogP contribution in [0.3, 0.4) is 0 Å². The summed E-state index contributed by atoms with van der Waals surface area (Å²) in [5.41, 5.74) is 0.864. The molecule has 3 aromatic carbocycles. The van der Waals surface area contributed by atoms with E-state index < -0.39 is 16.8 Å². The number of nitro groups is 1. The lowest BCUT2D eigenvalue weighted by Crippen LogP contribution is -2.27. The van der Waals surface area contributed by atoms with E-state index in [1.54, 1.807) is 31.2 Å². The Morgan fingerprint density at radius 2 is 1.86 bits per heavy atom. The van der Waals surface area contributed by atoms with E-state index in [1.807, 2.05) is 30.3 Å². The second kappa shape index (κ2) is 7.35. The van der Waals surface area contributed by atoms with Crippen LogP contribution in [0.25, 0.3) is 10.8 Å². The van der Waals surface area contributed by atoms with Crippen molar-refractivity contribution in [2.75, 3.05) is 11.4 Å². The number of aryl methyl sites for hydroxylation is 1. The van der Waals surface area contributed by atoms with Crippen molar-refractivity contribution in [1.29, 1.82) is 0 Å². The minimum Gasteiger partial charge on any atom is -0.426 e. The number of esters is 1. The lowest BCUT2D eigenvalue weighted by molar-refractivity contribution is -0.385. The highest BCUT2D eigenvalue weighted by Gasteiger charge is 2.37. The maximum Gasteiger partial charge on any atom is 0.316 e. The van der Waals surface area contributed by atoms with Crippen LogP contribution in [-0.2, 0) is 9.59 Å². The van der Waals surface area contributed by atoms with E-state index in [-0.39, 0.29) is 24.6 Å². The largest absolute Gasteiger partial charge is 0.426 e. The number of ether oxygens (including phenoxy) is 1.